The first-order valence-electron chi connectivity index (χ1n) is 11.2. The van der Waals surface area contributed by atoms with E-state index >= 15 is 0 Å². The maximum atomic E-state index is 12.2. The van der Waals surface area contributed by atoms with E-state index in [9.17, 15) is 14.4 Å². The van der Waals surface area contributed by atoms with Gasteiger partial charge in [0.2, 0.25) is 5.91 Å². The van der Waals surface area contributed by atoms with Crippen LogP contribution >= 0.6 is 23.2 Å². The summed E-state index contributed by atoms with van der Waals surface area (Å²) >= 11 is 11.9. The number of carbonyl (C=O) groups excluding carboxylic acids is 3. The standard InChI is InChI=1S/C27H26Cl2N2O5/c1-17-6-10-22(14-18(17)2)36-21-11-8-20(9-12-21)30-25(32)4-3-5-27(34)35-16-26(33)31-24-15-19(28)7-13-23(24)29/h6-15H,3-5,16H2,1-2H3,(H,30,32)(H,31,33). The lowest BCUT2D eigenvalue weighted by molar-refractivity contribution is -0.147. The highest BCUT2D eigenvalue weighted by Gasteiger charge is 2.11. The van der Waals surface area contributed by atoms with Gasteiger partial charge in [-0.2, -0.15) is 0 Å². The number of rotatable bonds is 10. The van der Waals surface area contributed by atoms with Crippen molar-refractivity contribution in [2.24, 2.45) is 0 Å². The van der Waals surface area contributed by atoms with Gasteiger partial charge in [0.15, 0.2) is 6.61 Å². The largest absolute Gasteiger partial charge is 0.457 e. The van der Waals surface area contributed by atoms with E-state index in [2.05, 4.69) is 10.6 Å². The van der Waals surface area contributed by atoms with Crippen LogP contribution in [-0.4, -0.2) is 24.4 Å². The molecule has 2 N–H and O–H groups in total. The maximum absolute atomic E-state index is 12.2. The smallest absolute Gasteiger partial charge is 0.306 e. The minimum absolute atomic E-state index is 0.00135. The number of benzene rings is 3. The van der Waals surface area contributed by atoms with Crippen LogP contribution in [0.3, 0.4) is 0 Å². The van der Waals surface area contributed by atoms with Crippen LogP contribution < -0.4 is 15.4 Å². The fourth-order valence-electron chi connectivity index (χ4n) is 3.13. The molecule has 0 saturated heterocycles. The van der Waals surface area contributed by atoms with Crippen LogP contribution in [0.25, 0.3) is 0 Å². The molecule has 9 heteroatoms. The first-order chi connectivity index (χ1) is 17.2. The molecule has 188 valence electrons. The molecule has 36 heavy (non-hydrogen) atoms. The molecule has 0 unspecified atom stereocenters. The van der Waals surface area contributed by atoms with Gasteiger partial charge in [-0.1, -0.05) is 29.3 Å². The van der Waals surface area contributed by atoms with Crippen molar-refractivity contribution in [3.05, 3.63) is 81.8 Å². The minimum Gasteiger partial charge on any atom is -0.457 e. The second-order valence-electron chi connectivity index (χ2n) is 8.11. The predicted octanol–water partition coefficient (Wildman–Crippen LogP) is 6.69. The predicted molar refractivity (Wildman–Crippen MR) is 141 cm³/mol. The first kappa shape index (κ1) is 27.0. The minimum atomic E-state index is -0.581. The molecule has 0 spiro atoms. The summed E-state index contributed by atoms with van der Waals surface area (Å²) in [5, 5.41) is 6.02. The summed E-state index contributed by atoms with van der Waals surface area (Å²) in [4.78, 5) is 36.0. The van der Waals surface area contributed by atoms with Crippen LogP contribution in [0.4, 0.5) is 11.4 Å². The third-order valence-electron chi connectivity index (χ3n) is 5.20. The van der Waals surface area contributed by atoms with Crippen LogP contribution in [0.1, 0.15) is 30.4 Å². The Labute approximate surface area is 219 Å². The van der Waals surface area contributed by atoms with Crippen LogP contribution in [0.5, 0.6) is 11.5 Å². The number of aryl methyl sites for hydroxylation is 2. The Morgan fingerprint density at radius 1 is 0.778 bits per heavy atom. The third-order valence-corrected chi connectivity index (χ3v) is 5.77. The van der Waals surface area contributed by atoms with E-state index in [4.69, 9.17) is 32.7 Å². The molecule has 3 aromatic rings. The zero-order chi connectivity index (χ0) is 26.1. The number of ether oxygens (including phenoxy) is 2. The number of carbonyl (C=O) groups is 3. The average Bonchev–Trinajstić information content (AvgIpc) is 2.84. The molecule has 2 amide bonds. The average molecular weight is 529 g/mol. The second-order valence-corrected chi connectivity index (χ2v) is 8.95. The third kappa shape index (κ3) is 8.59. The molecular weight excluding hydrogens is 503 g/mol. The van der Waals surface area contributed by atoms with Gasteiger partial charge < -0.3 is 20.1 Å². The van der Waals surface area contributed by atoms with Crippen molar-refractivity contribution in [2.45, 2.75) is 33.1 Å². The lowest BCUT2D eigenvalue weighted by Gasteiger charge is -2.10. The Hall–Kier alpha value is -3.55. The maximum Gasteiger partial charge on any atom is 0.306 e. The molecular formula is C27H26Cl2N2O5. The van der Waals surface area contributed by atoms with Crippen molar-refractivity contribution >= 4 is 52.4 Å². The summed E-state index contributed by atoms with van der Waals surface area (Å²) in [7, 11) is 0. The number of anilines is 2. The summed E-state index contributed by atoms with van der Waals surface area (Å²) in [6, 6.07) is 17.5. The Balaban J connectivity index is 1.35. The molecule has 0 aliphatic heterocycles. The lowest BCUT2D eigenvalue weighted by atomic mass is 10.1. The Morgan fingerprint density at radius 3 is 2.22 bits per heavy atom. The normalized spacial score (nSPS) is 10.4. The van der Waals surface area contributed by atoms with Gasteiger partial charge in [0.25, 0.3) is 5.91 Å². The van der Waals surface area contributed by atoms with Crippen LogP contribution in [0.15, 0.2) is 60.7 Å². The van der Waals surface area contributed by atoms with Crippen molar-refractivity contribution in [1.29, 1.82) is 0 Å². The van der Waals surface area contributed by atoms with Gasteiger partial charge in [-0.25, -0.2) is 0 Å². The number of nitrogens with one attached hydrogen (secondary N) is 2. The molecule has 3 aromatic carbocycles. The molecule has 0 fully saturated rings. The number of hydrogen-bond donors (Lipinski definition) is 2. The van der Waals surface area contributed by atoms with Crippen LogP contribution in [0, 0.1) is 13.8 Å². The van der Waals surface area contributed by atoms with Crippen molar-refractivity contribution in [2.75, 3.05) is 17.2 Å². The first-order valence-corrected chi connectivity index (χ1v) is 12.0. The summed E-state index contributed by atoms with van der Waals surface area (Å²) in [6.07, 6.45) is 0.405. The highest BCUT2D eigenvalue weighted by Crippen LogP contribution is 2.26. The SMILES string of the molecule is Cc1ccc(Oc2ccc(NC(=O)CCCC(=O)OCC(=O)Nc3cc(Cl)ccc3Cl)cc2)cc1C. The topological polar surface area (TPSA) is 93.7 Å². The zero-order valence-electron chi connectivity index (χ0n) is 19.9. The molecule has 0 heterocycles. The van der Waals surface area contributed by atoms with E-state index in [1.165, 1.54) is 11.6 Å². The van der Waals surface area contributed by atoms with Gasteiger partial charge in [0.1, 0.15) is 11.5 Å². The van der Waals surface area contributed by atoms with Crippen LogP contribution in [-0.2, 0) is 19.1 Å². The van der Waals surface area contributed by atoms with Gasteiger partial charge >= 0.3 is 5.97 Å². The number of esters is 1. The molecule has 0 aliphatic rings. The zero-order valence-corrected chi connectivity index (χ0v) is 21.4. The fraction of sp³-hybridized carbons (Fsp3) is 0.222. The van der Waals surface area contributed by atoms with E-state index in [1.807, 2.05) is 32.0 Å². The van der Waals surface area contributed by atoms with Crippen molar-refractivity contribution < 1.29 is 23.9 Å². The van der Waals surface area contributed by atoms with Gasteiger partial charge in [-0.05, 0) is 86.0 Å². The van der Waals surface area contributed by atoms with Crippen molar-refractivity contribution in [3.8, 4) is 11.5 Å². The van der Waals surface area contributed by atoms with Gasteiger partial charge in [0.05, 0.1) is 10.7 Å². The van der Waals surface area contributed by atoms with Crippen molar-refractivity contribution in [1.82, 2.24) is 0 Å². The van der Waals surface area contributed by atoms with E-state index in [-0.39, 0.29) is 25.2 Å². The monoisotopic (exact) mass is 528 g/mol. The van der Waals surface area contributed by atoms with Crippen LogP contribution in [0.2, 0.25) is 10.0 Å². The molecule has 0 aromatic heterocycles. The highest BCUT2D eigenvalue weighted by molar-refractivity contribution is 6.35. The second kappa shape index (κ2) is 13.0. The molecule has 0 saturated carbocycles. The van der Waals surface area contributed by atoms with E-state index in [1.54, 1.807) is 36.4 Å². The van der Waals surface area contributed by atoms with Crippen molar-refractivity contribution in [3.63, 3.8) is 0 Å². The van der Waals surface area contributed by atoms with E-state index in [0.29, 0.717) is 27.2 Å². The molecule has 3 rings (SSSR count). The van der Waals surface area contributed by atoms with E-state index in [0.717, 1.165) is 11.3 Å². The van der Waals surface area contributed by atoms with Gasteiger partial charge in [-0.15, -0.1) is 0 Å². The number of hydrogen-bond acceptors (Lipinski definition) is 5. The summed E-state index contributed by atoms with van der Waals surface area (Å²) in [5.41, 5.74) is 3.28. The molecule has 7 nitrogen and oxygen atoms in total. The molecule has 0 aliphatic carbocycles. The summed E-state index contributed by atoms with van der Waals surface area (Å²) in [5.74, 6) is 0.0327. The number of amides is 2. The highest BCUT2D eigenvalue weighted by atomic mass is 35.5. The van der Waals surface area contributed by atoms with E-state index < -0.39 is 18.5 Å². The Kier molecular flexibility index (Phi) is 9.73. The molecule has 0 atom stereocenters. The van der Waals surface area contributed by atoms with Gasteiger partial charge in [-0.3, -0.25) is 14.4 Å². The summed E-state index contributed by atoms with van der Waals surface area (Å²) < 4.78 is 10.8. The molecule has 0 bridgehead atoms. The Morgan fingerprint density at radius 2 is 1.50 bits per heavy atom. The fourth-order valence-corrected chi connectivity index (χ4v) is 3.47. The quantitative estimate of drug-likeness (QED) is 0.285. The summed E-state index contributed by atoms with van der Waals surface area (Å²) in [6.45, 7) is 3.60. The number of halogens is 2. The van der Waals surface area contributed by atoms with Gasteiger partial charge in [0, 0.05) is 23.6 Å². The lowest BCUT2D eigenvalue weighted by Crippen LogP contribution is -2.21. The Bertz CT molecular complexity index is 1250. The molecule has 0 radical (unpaired) electrons.